The molecule has 0 amide bonds. The lowest BCUT2D eigenvalue weighted by Gasteiger charge is -2.23. The number of carbonyl (C=O) groups excluding carboxylic acids is 2. The molecule has 0 atom stereocenters. The first-order valence-electron chi connectivity index (χ1n) is 9.55. The maximum Gasteiger partial charge on any atom is 0.355 e. The highest BCUT2D eigenvalue weighted by Gasteiger charge is 2.27. The lowest BCUT2D eigenvalue weighted by molar-refractivity contribution is -0.139. The number of esters is 2. The third kappa shape index (κ3) is 5.71. The minimum Gasteiger partial charge on any atom is -0.492 e. The van der Waals surface area contributed by atoms with Crippen molar-refractivity contribution in [2.24, 2.45) is 0 Å². The molecule has 1 aliphatic heterocycles. The van der Waals surface area contributed by atoms with E-state index in [2.05, 4.69) is 18.7 Å². The summed E-state index contributed by atoms with van der Waals surface area (Å²) < 4.78 is 15.5. The van der Waals surface area contributed by atoms with Crippen LogP contribution in [-0.4, -0.2) is 57.3 Å². The first-order valence-corrected chi connectivity index (χ1v) is 9.55. The molecule has 0 fully saturated rings. The third-order valence-corrected chi connectivity index (χ3v) is 4.57. The number of hydrogen-bond donors (Lipinski definition) is 0. The fourth-order valence-corrected chi connectivity index (χ4v) is 2.90. The summed E-state index contributed by atoms with van der Waals surface area (Å²) in [6, 6.07) is 7.30. The Labute approximate surface area is 171 Å². The van der Waals surface area contributed by atoms with Gasteiger partial charge in [-0.2, -0.15) is 0 Å². The molecule has 0 N–H and O–H groups in total. The van der Waals surface area contributed by atoms with Crippen molar-refractivity contribution in [3.05, 3.63) is 60.0 Å². The molecule has 7 nitrogen and oxygen atoms in total. The number of methoxy groups -OCH3 is 2. The Balaban J connectivity index is 2.24. The van der Waals surface area contributed by atoms with Gasteiger partial charge >= 0.3 is 11.9 Å². The molecule has 29 heavy (non-hydrogen) atoms. The number of ether oxygens (including phenoxy) is 3. The maximum absolute atomic E-state index is 12.4. The van der Waals surface area contributed by atoms with Crippen molar-refractivity contribution in [3.8, 4) is 5.75 Å². The van der Waals surface area contributed by atoms with E-state index in [1.54, 1.807) is 23.3 Å². The Hall–Kier alpha value is -3.06. The van der Waals surface area contributed by atoms with Crippen LogP contribution in [0.1, 0.15) is 13.8 Å². The summed E-state index contributed by atoms with van der Waals surface area (Å²) in [6.07, 6.45) is 6.61. The Morgan fingerprint density at radius 3 is 2.21 bits per heavy atom. The van der Waals surface area contributed by atoms with Crippen molar-refractivity contribution >= 4 is 17.6 Å². The third-order valence-electron chi connectivity index (χ3n) is 4.57. The molecule has 0 bridgehead atoms. The van der Waals surface area contributed by atoms with E-state index in [1.165, 1.54) is 20.3 Å². The number of nitrogens with zero attached hydrogens (tertiary/aromatic N) is 2. The molecule has 0 aliphatic carbocycles. The van der Waals surface area contributed by atoms with Crippen LogP contribution >= 0.6 is 0 Å². The summed E-state index contributed by atoms with van der Waals surface area (Å²) in [5.74, 6) is -0.525. The van der Waals surface area contributed by atoms with E-state index >= 15 is 0 Å². The molecule has 1 aliphatic rings. The van der Waals surface area contributed by atoms with Crippen LogP contribution in [0.5, 0.6) is 5.75 Å². The minimum atomic E-state index is -0.638. The van der Waals surface area contributed by atoms with Crippen molar-refractivity contribution in [2.75, 3.05) is 45.4 Å². The first-order chi connectivity index (χ1) is 14.0. The summed E-state index contributed by atoms with van der Waals surface area (Å²) in [7, 11) is 2.54. The molecule has 0 aromatic heterocycles. The van der Waals surface area contributed by atoms with Gasteiger partial charge in [-0.1, -0.05) is 19.9 Å². The van der Waals surface area contributed by atoms with Gasteiger partial charge in [0.25, 0.3) is 0 Å². The zero-order chi connectivity index (χ0) is 21.2. The Morgan fingerprint density at radius 2 is 1.62 bits per heavy atom. The average molecular weight is 400 g/mol. The molecular formula is C22H28N2O5. The van der Waals surface area contributed by atoms with Gasteiger partial charge in [-0.15, -0.1) is 0 Å². The molecule has 0 saturated carbocycles. The lowest BCUT2D eigenvalue weighted by atomic mass is 10.1. The molecule has 0 radical (unpaired) electrons. The topological polar surface area (TPSA) is 68.3 Å². The van der Waals surface area contributed by atoms with Crippen LogP contribution in [0.3, 0.4) is 0 Å². The van der Waals surface area contributed by atoms with Crippen molar-refractivity contribution < 1.29 is 23.8 Å². The molecule has 7 heteroatoms. The molecule has 1 aromatic rings. The fraction of sp³-hybridized carbons (Fsp3) is 0.364. The number of benzene rings is 1. The number of allylic oxidation sites excluding steroid dienone is 2. The van der Waals surface area contributed by atoms with E-state index in [9.17, 15) is 9.59 Å². The van der Waals surface area contributed by atoms with Crippen molar-refractivity contribution in [3.63, 3.8) is 0 Å². The van der Waals surface area contributed by atoms with Gasteiger partial charge < -0.3 is 24.0 Å². The molecule has 1 heterocycles. The van der Waals surface area contributed by atoms with Gasteiger partial charge in [-0.3, -0.25) is 0 Å². The van der Waals surface area contributed by atoms with Crippen molar-refractivity contribution in [1.82, 2.24) is 4.90 Å². The van der Waals surface area contributed by atoms with Crippen LogP contribution in [0.4, 0.5) is 5.69 Å². The second kappa shape index (κ2) is 11.1. The van der Waals surface area contributed by atoms with E-state index < -0.39 is 11.9 Å². The lowest BCUT2D eigenvalue weighted by Crippen LogP contribution is -2.28. The second-order valence-electron chi connectivity index (χ2n) is 6.19. The van der Waals surface area contributed by atoms with Crippen LogP contribution in [0.2, 0.25) is 0 Å². The average Bonchev–Trinajstić information content (AvgIpc) is 2.99. The summed E-state index contributed by atoms with van der Waals surface area (Å²) in [6.45, 7) is 7.66. The predicted octanol–water partition coefficient (Wildman–Crippen LogP) is 2.90. The van der Waals surface area contributed by atoms with Gasteiger partial charge in [0.1, 0.15) is 18.1 Å². The smallest absolute Gasteiger partial charge is 0.355 e. The van der Waals surface area contributed by atoms with Gasteiger partial charge in [-0.05, 0) is 49.5 Å². The van der Waals surface area contributed by atoms with E-state index in [0.29, 0.717) is 12.3 Å². The standard InChI is InChI=1S/C22H28N2O5/c1-5-23(6-2)15-16-29-18-12-10-17(11-13-18)24-14-8-7-9-19(21(25)27-3)20(24)22(26)28-4/h7-14H,5-6,15-16H2,1-4H3. The monoisotopic (exact) mass is 400 g/mol. The number of rotatable bonds is 9. The van der Waals surface area contributed by atoms with Crippen LogP contribution in [-0.2, 0) is 19.1 Å². The van der Waals surface area contributed by atoms with Crippen molar-refractivity contribution in [2.45, 2.75) is 13.8 Å². The number of likely N-dealkylation sites (N-methyl/N-ethyl adjacent to an activating group) is 1. The highest BCUT2D eigenvalue weighted by atomic mass is 16.5. The van der Waals surface area contributed by atoms with Crippen LogP contribution < -0.4 is 9.64 Å². The quantitative estimate of drug-likeness (QED) is 0.591. The molecular weight excluding hydrogens is 372 g/mol. The van der Waals surface area contributed by atoms with Gasteiger partial charge in [0.05, 0.1) is 19.8 Å². The highest BCUT2D eigenvalue weighted by molar-refractivity contribution is 6.05. The van der Waals surface area contributed by atoms with Gasteiger partial charge in [-0.25, -0.2) is 9.59 Å². The molecule has 0 unspecified atom stereocenters. The summed E-state index contributed by atoms with van der Waals surface area (Å²) in [4.78, 5) is 28.5. The maximum atomic E-state index is 12.4. The zero-order valence-corrected chi connectivity index (χ0v) is 17.4. The van der Waals surface area contributed by atoms with E-state index in [4.69, 9.17) is 14.2 Å². The Morgan fingerprint density at radius 1 is 0.966 bits per heavy atom. The molecule has 0 saturated heterocycles. The van der Waals surface area contributed by atoms with Crippen LogP contribution in [0.15, 0.2) is 60.0 Å². The number of anilines is 1. The van der Waals surface area contributed by atoms with Gasteiger partial charge in [0, 0.05) is 18.4 Å². The predicted molar refractivity (Wildman–Crippen MR) is 112 cm³/mol. The van der Waals surface area contributed by atoms with Gasteiger partial charge in [0.2, 0.25) is 0 Å². The molecule has 1 aromatic carbocycles. The second-order valence-corrected chi connectivity index (χ2v) is 6.19. The molecule has 156 valence electrons. The summed E-state index contributed by atoms with van der Waals surface area (Å²) in [5.41, 5.74) is 0.881. The fourth-order valence-electron chi connectivity index (χ4n) is 2.90. The first kappa shape index (κ1) is 22.2. The number of hydrogen-bond acceptors (Lipinski definition) is 7. The molecule has 2 rings (SSSR count). The van der Waals surface area contributed by atoms with Gasteiger partial charge in [0.15, 0.2) is 0 Å². The normalized spacial score (nSPS) is 13.5. The molecule has 0 spiro atoms. The summed E-state index contributed by atoms with van der Waals surface area (Å²) >= 11 is 0. The SMILES string of the molecule is CCN(CC)CCOc1ccc(N2C=CC=CC(C(=O)OC)=C2C(=O)OC)cc1. The zero-order valence-electron chi connectivity index (χ0n) is 17.4. The van der Waals surface area contributed by atoms with E-state index in [1.807, 2.05) is 24.3 Å². The Bertz CT molecular complexity index is 792. The van der Waals surface area contributed by atoms with Crippen LogP contribution in [0.25, 0.3) is 0 Å². The van der Waals surface area contributed by atoms with E-state index in [-0.39, 0.29) is 11.3 Å². The van der Waals surface area contributed by atoms with E-state index in [0.717, 1.165) is 25.4 Å². The largest absolute Gasteiger partial charge is 0.492 e. The van der Waals surface area contributed by atoms with Crippen molar-refractivity contribution in [1.29, 1.82) is 0 Å². The summed E-state index contributed by atoms with van der Waals surface area (Å²) in [5, 5.41) is 0. The Kier molecular flexibility index (Phi) is 8.48. The highest BCUT2D eigenvalue weighted by Crippen LogP contribution is 2.27. The van der Waals surface area contributed by atoms with Crippen LogP contribution in [0, 0.1) is 0 Å². The minimum absolute atomic E-state index is 0.0829. The number of carbonyl (C=O) groups is 2.